The summed E-state index contributed by atoms with van der Waals surface area (Å²) in [7, 11) is 0. The number of aryl methyl sites for hydroxylation is 1. The average molecular weight is 626 g/mol. The Bertz CT molecular complexity index is 1740. The van der Waals surface area contributed by atoms with E-state index in [0.29, 0.717) is 39.2 Å². The van der Waals surface area contributed by atoms with Gasteiger partial charge in [-0.1, -0.05) is 23.7 Å². The van der Waals surface area contributed by atoms with E-state index in [1.807, 2.05) is 13.0 Å². The molecule has 2 aromatic carbocycles. The zero-order chi connectivity index (χ0) is 31.9. The fraction of sp³-hybridized carbons (Fsp3) is 0.375. The Morgan fingerprint density at radius 1 is 1.16 bits per heavy atom. The molecule has 9 nitrogen and oxygen atoms in total. The minimum Gasteiger partial charge on any atom is -0.487 e. The molecule has 0 unspecified atom stereocenters. The summed E-state index contributed by atoms with van der Waals surface area (Å²) in [4.78, 5) is 33.9. The maximum absolute atomic E-state index is 14.7. The number of rotatable bonds is 6. The summed E-state index contributed by atoms with van der Waals surface area (Å²) in [6, 6.07) is 8.39. The van der Waals surface area contributed by atoms with E-state index in [2.05, 4.69) is 10.1 Å². The lowest BCUT2D eigenvalue weighted by atomic mass is 9.98. The van der Waals surface area contributed by atoms with Gasteiger partial charge in [0.25, 0.3) is 0 Å². The summed E-state index contributed by atoms with van der Waals surface area (Å²) in [5, 5.41) is 4.94. The number of halogens is 3. The van der Waals surface area contributed by atoms with Crippen LogP contribution in [0.4, 0.5) is 13.6 Å². The molecule has 0 N–H and O–H groups in total. The lowest BCUT2D eigenvalue weighted by molar-refractivity contribution is -0.143. The number of carbonyl (C=O) groups is 2. The van der Waals surface area contributed by atoms with Crippen molar-refractivity contribution < 1.29 is 27.8 Å². The van der Waals surface area contributed by atoms with Gasteiger partial charge in [-0.05, 0) is 71.4 Å². The van der Waals surface area contributed by atoms with Crippen LogP contribution in [-0.4, -0.2) is 61.3 Å². The molecule has 1 aliphatic heterocycles. The first-order valence-corrected chi connectivity index (χ1v) is 14.6. The first kappa shape index (κ1) is 31.2. The van der Waals surface area contributed by atoms with Crippen molar-refractivity contribution in [2.24, 2.45) is 0 Å². The van der Waals surface area contributed by atoms with Gasteiger partial charge in [0.2, 0.25) is 5.91 Å². The topological polar surface area (TPSA) is 89.8 Å². The first-order chi connectivity index (χ1) is 20.7. The number of nitrogens with zero attached hydrogens (tertiary/aromatic N) is 5. The highest BCUT2D eigenvalue weighted by Gasteiger charge is 2.39. The van der Waals surface area contributed by atoms with Crippen LogP contribution in [0, 0.1) is 18.6 Å². The third-order valence-corrected chi connectivity index (χ3v) is 7.85. The SMILES string of the molecule is Cc1cc(-n2cc(F)cn2)c2cccc(OCc3c(Cl)cc(F)cc3[C@H](C)N3CCN(C(=O)OC(C)(C)C)[C@H](C)C3=O)c2n1. The number of aromatic nitrogens is 3. The van der Waals surface area contributed by atoms with Crippen molar-refractivity contribution in [1.29, 1.82) is 0 Å². The van der Waals surface area contributed by atoms with Crippen molar-refractivity contribution in [3.05, 3.63) is 82.3 Å². The second-order valence-electron chi connectivity index (χ2n) is 11.8. The Labute approximate surface area is 259 Å². The van der Waals surface area contributed by atoms with Crippen LogP contribution in [0.3, 0.4) is 0 Å². The van der Waals surface area contributed by atoms with Crippen molar-refractivity contribution in [2.75, 3.05) is 13.1 Å². The van der Waals surface area contributed by atoms with Gasteiger partial charge in [0, 0.05) is 29.7 Å². The highest BCUT2D eigenvalue weighted by molar-refractivity contribution is 6.31. The van der Waals surface area contributed by atoms with Crippen molar-refractivity contribution in [2.45, 2.75) is 65.8 Å². The van der Waals surface area contributed by atoms with Gasteiger partial charge >= 0.3 is 6.09 Å². The third kappa shape index (κ3) is 6.33. The van der Waals surface area contributed by atoms with Crippen molar-refractivity contribution in [3.63, 3.8) is 0 Å². The van der Waals surface area contributed by atoms with Crippen molar-refractivity contribution in [1.82, 2.24) is 24.6 Å². The van der Waals surface area contributed by atoms with E-state index in [4.69, 9.17) is 21.1 Å². The van der Waals surface area contributed by atoms with Crippen LogP contribution in [0.5, 0.6) is 5.75 Å². The molecule has 3 heterocycles. The largest absolute Gasteiger partial charge is 0.487 e. The first-order valence-electron chi connectivity index (χ1n) is 14.2. The van der Waals surface area contributed by atoms with E-state index >= 15 is 0 Å². The number of carbonyl (C=O) groups excluding carboxylic acids is 2. The monoisotopic (exact) mass is 625 g/mol. The third-order valence-electron chi connectivity index (χ3n) is 7.51. The lowest BCUT2D eigenvalue weighted by Gasteiger charge is -2.42. The molecule has 12 heteroatoms. The van der Waals surface area contributed by atoms with Crippen LogP contribution in [-0.2, 0) is 16.1 Å². The Hall–Kier alpha value is -4.25. The highest BCUT2D eigenvalue weighted by Crippen LogP contribution is 2.35. The molecule has 1 fully saturated rings. The van der Waals surface area contributed by atoms with Gasteiger partial charge in [-0.15, -0.1) is 0 Å². The number of amides is 2. The zero-order valence-electron chi connectivity index (χ0n) is 25.4. The molecular formula is C32H34ClF2N5O4. The summed E-state index contributed by atoms with van der Waals surface area (Å²) in [5.74, 6) is -0.869. The molecule has 5 rings (SSSR count). The van der Waals surface area contributed by atoms with Gasteiger partial charge in [0.15, 0.2) is 5.82 Å². The van der Waals surface area contributed by atoms with Crippen LogP contribution < -0.4 is 4.74 Å². The number of hydrogen-bond acceptors (Lipinski definition) is 6. The van der Waals surface area contributed by atoms with Crippen molar-refractivity contribution >= 4 is 34.5 Å². The number of pyridine rings is 1. The summed E-state index contributed by atoms with van der Waals surface area (Å²) in [5.41, 5.74) is 2.14. The van der Waals surface area contributed by atoms with Crippen LogP contribution in [0.2, 0.25) is 5.02 Å². The van der Waals surface area contributed by atoms with Crippen LogP contribution in [0.15, 0.2) is 48.8 Å². The highest BCUT2D eigenvalue weighted by atomic mass is 35.5. The molecule has 232 valence electrons. The molecule has 2 amide bonds. The van der Waals surface area contributed by atoms with E-state index in [1.54, 1.807) is 57.7 Å². The van der Waals surface area contributed by atoms with Gasteiger partial charge in [-0.2, -0.15) is 5.10 Å². The minimum absolute atomic E-state index is 0.0408. The van der Waals surface area contributed by atoms with Crippen LogP contribution in [0.25, 0.3) is 16.6 Å². The predicted molar refractivity (Wildman–Crippen MR) is 162 cm³/mol. The van der Waals surface area contributed by atoms with Gasteiger partial charge in [-0.25, -0.2) is 23.2 Å². The van der Waals surface area contributed by atoms with E-state index in [1.165, 1.54) is 27.9 Å². The summed E-state index contributed by atoms with van der Waals surface area (Å²) >= 11 is 6.57. The number of ether oxygens (including phenoxy) is 2. The Morgan fingerprint density at radius 2 is 1.91 bits per heavy atom. The van der Waals surface area contributed by atoms with Gasteiger partial charge in [0.1, 0.15) is 35.3 Å². The second kappa shape index (κ2) is 12.0. The molecule has 2 atom stereocenters. The molecule has 0 radical (unpaired) electrons. The number of fused-ring (bicyclic) bond motifs is 1. The Balaban J connectivity index is 1.42. The summed E-state index contributed by atoms with van der Waals surface area (Å²) in [6.45, 7) is 11.0. The molecule has 0 saturated carbocycles. The maximum Gasteiger partial charge on any atom is 0.411 e. The molecule has 0 spiro atoms. The Kier molecular flexibility index (Phi) is 8.53. The van der Waals surface area contributed by atoms with E-state index < -0.39 is 35.4 Å². The lowest BCUT2D eigenvalue weighted by Crippen LogP contribution is -2.58. The average Bonchev–Trinajstić information content (AvgIpc) is 3.38. The van der Waals surface area contributed by atoms with Gasteiger partial charge in [0.05, 0.1) is 29.1 Å². The molecule has 44 heavy (non-hydrogen) atoms. The molecular weight excluding hydrogens is 592 g/mol. The molecule has 1 aliphatic rings. The maximum atomic E-state index is 14.7. The number of benzene rings is 2. The van der Waals surface area contributed by atoms with E-state index in [0.717, 1.165) is 6.20 Å². The Morgan fingerprint density at radius 3 is 2.59 bits per heavy atom. The fourth-order valence-electron chi connectivity index (χ4n) is 5.38. The zero-order valence-corrected chi connectivity index (χ0v) is 26.2. The molecule has 0 aliphatic carbocycles. The normalized spacial score (nSPS) is 16.4. The van der Waals surface area contributed by atoms with Crippen molar-refractivity contribution in [3.8, 4) is 11.4 Å². The second-order valence-corrected chi connectivity index (χ2v) is 12.2. The standard InChI is InChI=1S/C32H34ClF2N5O4/c1-18-12-27(40-16-22(35)15-36-40)23-8-7-9-28(29(23)37-18)43-17-25-24(13-21(34)14-26(25)33)19(2)38-10-11-39(20(3)30(38)41)31(42)44-32(4,5)6/h7-9,12-16,19-20H,10-11,17H2,1-6H3/t19-,20+/m0/s1. The minimum atomic E-state index is -0.771. The van der Waals surface area contributed by atoms with Gasteiger partial charge in [-0.3, -0.25) is 9.69 Å². The smallest absolute Gasteiger partial charge is 0.411 e. The van der Waals surface area contributed by atoms with Crippen LogP contribution in [0.1, 0.15) is 57.5 Å². The summed E-state index contributed by atoms with van der Waals surface area (Å²) in [6.07, 6.45) is 1.85. The number of para-hydroxylation sites is 1. The molecule has 0 bridgehead atoms. The molecule has 1 saturated heterocycles. The number of hydrogen-bond donors (Lipinski definition) is 0. The quantitative estimate of drug-likeness (QED) is 0.235. The fourth-order valence-corrected chi connectivity index (χ4v) is 5.65. The predicted octanol–water partition coefficient (Wildman–Crippen LogP) is 6.77. The molecule has 4 aromatic rings. The van der Waals surface area contributed by atoms with Crippen LogP contribution >= 0.6 is 11.6 Å². The van der Waals surface area contributed by atoms with E-state index in [-0.39, 0.29) is 30.6 Å². The van der Waals surface area contributed by atoms with E-state index in [9.17, 15) is 18.4 Å². The van der Waals surface area contributed by atoms with Gasteiger partial charge < -0.3 is 14.4 Å². The number of piperazine rings is 1. The summed E-state index contributed by atoms with van der Waals surface area (Å²) < 4.78 is 41.6. The molecule has 2 aromatic heterocycles.